The van der Waals surface area contributed by atoms with Crippen molar-refractivity contribution < 1.29 is 0 Å². The van der Waals surface area contributed by atoms with Gasteiger partial charge in [-0.05, 0) is 50.9 Å². The Morgan fingerprint density at radius 1 is 1.29 bits per heavy atom. The number of hydrogen-bond donors (Lipinski definition) is 1. The van der Waals surface area contributed by atoms with E-state index in [4.69, 9.17) is 5.73 Å². The number of rotatable bonds is 8. The van der Waals surface area contributed by atoms with Crippen molar-refractivity contribution in [2.75, 3.05) is 32.1 Å². The molecule has 0 aliphatic heterocycles. The van der Waals surface area contributed by atoms with Crippen LogP contribution in [0.15, 0.2) is 0 Å². The second kappa shape index (κ2) is 8.57. The van der Waals surface area contributed by atoms with Crippen molar-refractivity contribution in [3.63, 3.8) is 0 Å². The second-order valence-corrected chi connectivity index (χ2v) is 5.33. The molecule has 0 spiro atoms. The van der Waals surface area contributed by atoms with Crippen LogP contribution in [0.2, 0.25) is 0 Å². The molecule has 0 rings (SSSR count). The summed E-state index contributed by atoms with van der Waals surface area (Å²) in [6.07, 6.45) is 4.57. The maximum atomic E-state index is 5.99. The van der Waals surface area contributed by atoms with Crippen LogP contribution >= 0.6 is 11.8 Å². The second-order valence-electron chi connectivity index (χ2n) is 4.35. The van der Waals surface area contributed by atoms with E-state index in [1.54, 1.807) is 0 Å². The molecule has 86 valence electrons. The molecule has 0 fully saturated rings. The summed E-state index contributed by atoms with van der Waals surface area (Å²) in [5.41, 5.74) is 5.99. The van der Waals surface area contributed by atoms with Crippen LogP contribution in [-0.4, -0.2) is 43.1 Å². The zero-order valence-electron chi connectivity index (χ0n) is 10.1. The largest absolute Gasteiger partial charge is 0.327 e. The lowest BCUT2D eigenvalue weighted by Crippen LogP contribution is -2.32. The first-order chi connectivity index (χ1) is 6.57. The van der Waals surface area contributed by atoms with Crippen molar-refractivity contribution in [3.8, 4) is 0 Å². The van der Waals surface area contributed by atoms with Gasteiger partial charge in [0.1, 0.15) is 0 Å². The number of thioether (sulfide) groups is 1. The fraction of sp³-hybridized carbons (Fsp3) is 1.00. The average Bonchev–Trinajstić information content (AvgIpc) is 2.14. The lowest BCUT2D eigenvalue weighted by molar-refractivity contribution is 0.304. The Morgan fingerprint density at radius 2 is 1.93 bits per heavy atom. The molecule has 1 atom stereocenters. The molecule has 0 heterocycles. The van der Waals surface area contributed by atoms with E-state index in [9.17, 15) is 0 Å². The van der Waals surface area contributed by atoms with E-state index in [1.165, 1.54) is 18.7 Å². The highest BCUT2D eigenvalue weighted by Crippen LogP contribution is 2.04. The normalized spacial score (nSPS) is 13.9. The third kappa shape index (κ3) is 7.65. The van der Waals surface area contributed by atoms with Crippen LogP contribution in [0.4, 0.5) is 0 Å². The predicted molar refractivity (Wildman–Crippen MR) is 67.9 cm³/mol. The standard InChI is InChI=1S/C11H26N2S/c1-10(2)11(12)6-8-13(3)7-5-9-14-4/h10-11H,5-9,12H2,1-4H3. The van der Waals surface area contributed by atoms with E-state index < -0.39 is 0 Å². The molecule has 0 saturated carbocycles. The minimum Gasteiger partial charge on any atom is -0.327 e. The molecule has 0 bridgehead atoms. The van der Waals surface area contributed by atoms with E-state index >= 15 is 0 Å². The van der Waals surface area contributed by atoms with Crippen molar-refractivity contribution in [2.45, 2.75) is 32.7 Å². The Hall–Kier alpha value is 0.270. The summed E-state index contributed by atoms with van der Waals surface area (Å²) in [5.74, 6) is 1.87. The summed E-state index contributed by atoms with van der Waals surface area (Å²) in [4.78, 5) is 2.39. The zero-order valence-corrected chi connectivity index (χ0v) is 10.9. The molecule has 0 amide bonds. The molecule has 14 heavy (non-hydrogen) atoms. The van der Waals surface area contributed by atoms with Gasteiger partial charge in [-0.3, -0.25) is 0 Å². The number of nitrogens with zero attached hydrogens (tertiary/aromatic N) is 1. The van der Waals surface area contributed by atoms with E-state index in [-0.39, 0.29) is 0 Å². The summed E-state index contributed by atoms with van der Waals surface area (Å²) in [6, 6.07) is 0.359. The minimum atomic E-state index is 0.359. The summed E-state index contributed by atoms with van der Waals surface area (Å²) in [5, 5.41) is 0. The van der Waals surface area contributed by atoms with Gasteiger partial charge in [0, 0.05) is 6.04 Å². The van der Waals surface area contributed by atoms with E-state index in [0.29, 0.717) is 12.0 Å². The smallest absolute Gasteiger partial charge is 0.00740 e. The van der Waals surface area contributed by atoms with Gasteiger partial charge in [0.15, 0.2) is 0 Å². The molecular formula is C11H26N2S. The third-order valence-corrected chi connectivity index (χ3v) is 3.29. The van der Waals surface area contributed by atoms with Gasteiger partial charge in [-0.1, -0.05) is 13.8 Å². The molecule has 0 aliphatic rings. The summed E-state index contributed by atoms with van der Waals surface area (Å²) in [6.45, 7) is 6.72. The Labute approximate surface area is 93.6 Å². The van der Waals surface area contributed by atoms with Gasteiger partial charge in [0.25, 0.3) is 0 Å². The highest BCUT2D eigenvalue weighted by atomic mass is 32.2. The Kier molecular flexibility index (Phi) is 8.73. The first-order valence-electron chi connectivity index (χ1n) is 5.51. The third-order valence-electron chi connectivity index (χ3n) is 2.59. The van der Waals surface area contributed by atoms with Crippen molar-refractivity contribution in [3.05, 3.63) is 0 Å². The molecule has 0 saturated heterocycles. The summed E-state index contributed by atoms with van der Waals surface area (Å²) >= 11 is 1.92. The molecule has 0 aromatic carbocycles. The van der Waals surface area contributed by atoms with Gasteiger partial charge in [-0.25, -0.2) is 0 Å². The van der Waals surface area contributed by atoms with Crippen LogP contribution in [0.5, 0.6) is 0 Å². The van der Waals surface area contributed by atoms with Crippen LogP contribution in [0, 0.1) is 5.92 Å². The van der Waals surface area contributed by atoms with Gasteiger partial charge in [0.05, 0.1) is 0 Å². The average molecular weight is 218 g/mol. The van der Waals surface area contributed by atoms with Crippen LogP contribution in [-0.2, 0) is 0 Å². The van der Waals surface area contributed by atoms with E-state index in [1.807, 2.05) is 11.8 Å². The number of nitrogens with two attached hydrogens (primary N) is 1. The van der Waals surface area contributed by atoms with E-state index in [2.05, 4.69) is 32.1 Å². The van der Waals surface area contributed by atoms with Crippen molar-refractivity contribution >= 4 is 11.8 Å². The van der Waals surface area contributed by atoms with Gasteiger partial charge in [-0.2, -0.15) is 11.8 Å². The maximum absolute atomic E-state index is 5.99. The van der Waals surface area contributed by atoms with Crippen LogP contribution < -0.4 is 5.73 Å². The SMILES string of the molecule is CSCCCN(C)CCC(N)C(C)C. The molecular weight excluding hydrogens is 192 g/mol. The molecule has 0 radical (unpaired) electrons. The Balaban J connectivity index is 3.38. The Bertz CT molecular complexity index is 128. The fourth-order valence-corrected chi connectivity index (χ4v) is 1.71. The van der Waals surface area contributed by atoms with Crippen LogP contribution in [0.1, 0.15) is 26.7 Å². The highest BCUT2D eigenvalue weighted by Gasteiger charge is 2.08. The molecule has 3 heteroatoms. The fourth-order valence-electron chi connectivity index (χ4n) is 1.29. The van der Waals surface area contributed by atoms with E-state index in [0.717, 1.165) is 13.0 Å². The topological polar surface area (TPSA) is 29.3 Å². The van der Waals surface area contributed by atoms with Crippen LogP contribution in [0.3, 0.4) is 0 Å². The quantitative estimate of drug-likeness (QED) is 0.632. The molecule has 0 aliphatic carbocycles. The van der Waals surface area contributed by atoms with Gasteiger partial charge < -0.3 is 10.6 Å². The molecule has 0 aromatic heterocycles. The van der Waals surface area contributed by atoms with Gasteiger partial charge in [0.2, 0.25) is 0 Å². The predicted octanol–water partition coefficient (Wildman–Crippen LogP) is 2.04. The molecule has 2 nitrogen and oxygen atoms in total. The first kappa shape index (κ1) is 14.3. The molecule has 0 aromatic rings. The van der Waals surface area contributed by atoms with Crippen molar-refractivity contribution in [2.24, 2.45) is 11.7 Å². The van der Waals surface area contributed by atoms with Crippen molar-refractivity contribution in [1.29, 1.82) is 0 Å². The van der Waals surface area contributed by atoms with Crippen molar-refractivity contribution in [1.82, 2.24) is 4.90 Å². The lowest BCUT2D eigenvalue weighted by Gasteiger charge is -2.21. The summed E-state index contributed by atoms with van der Waals surface area (Å²) in [7, 11) is 2.19. The number of hydrogen-bond acceptors (Lipinski definition) is 3. The molecule has 2 N–H and O–H groups in total. The van der Waals surface area contributed by atoms with Crippen LogP contribution in [0.25, 0.3) is 0 Å². The first-order valence-corrected chi connectivity index (χ1v) is 6.90. The lowest BCUT2D eigenvalue weighted by atomic mass is 10.0. The molecule has 1 unspecified atom stereocenters. The summed E-state index contributed by atoms with van der Waals surface area (Å²) < 4.78 is 0. The zero-order chi connectivity index (χ0) is 11.0. The maximum Gasteiger partial charge on any atom is 0.00740 e. The monoisotopic (exact) mass is 218 g/mol. The van der Waals surface area contributed by atoms with Gasteiger partial charge >= 0.3 is 0 Å². The minimum absolute atomic E-state index is 0.359. The highest BCUT2D eigenvalue weighted by molar-refractivity contribution is 7.98. The van der Waals surface area contributed by atoms with Gasteiger partial charge in [-0.15, -0.1) is 0 Å². The Morgan fingerprint density at radius 3 is 2.43 bits per heavy atom.